The van der Waals surface area contributed by atoms with E-state index in [0.29, 0.717) is 5.92 Å². The highest BCUT2D eigenvalue weighted by Gasteiger charge is 2.03. The van der Waals surface area contributed by atoms with Crippen molar-refractivity contribution < 1.29 is 0 Å². The molecule has 2 aromatic carbocycles. The van der Waals surface area contributed by atoms with E-state index >= 15 is 0 Å². The average molecular weight is 275 g/mol. The summed E-state index contributed by atoms with van der Waals surface area (Å²) in [4.78, 5) is 0. The van der Waals surface area contributed by atoms with Crippen LogP contribution in [0.15, 0.2) is 54.6 Å². The molecule has 0 aromatic heterocycles. The second-order valence-corrected chi connectivity index (χ2v) is 4.69. The molecular weight excluding hydrogens is 260 g/mol. The van der Waals surface area contributed by atoms with Gasteiger partial charge in [-0.1, -0.05) is 77.5 Å². The minimum absolute atomic E-state index is 0.574. The third-order valence-electron chi connectivity index (χ3n) is 2.82. The van der Waals surface area contributed by atoms with Gasteiger partial charge in [0.05, 0.1) is 0 Å². The van der Waals surface area contributed by atoms with Gasteiger partial charge < -0.3 is 0 Å². The molecule has 82 valence electrons. The predicted molar refractivity (Wildman–Crippen MR) is 74.1 cm³/mol. The van der Waals surface area contributed by atoms with Crippen LogP contribution in [0.1, 0.15) is 18.4 Å². The Kier molecular flexibility index (Phi) is 3.79. The van der Waals surface area contributed by atoms with Gasteiger partial charge in [0.25, 0.3) is 0 Å². The number of alkyl halides is 1. The first-order chi connectivity index (χ1) is 7.81. The molecule has 0 N–H and O–H groups in total. The Balaban J connectivity index is 2.26. The first kappa shape index (κ1) is 11.4. The van der Waals surface area contributed by atoms with Gasteiger partial charge in [-0.2, -0.15) is 0 Å². The maximum Gasteiger partial charge on any atom is 0.00975 e. The zero-order valence-corrected chi connectivity index (χ0v) is 10.9. The molecule has 0 bridgehead atoms. The lowest BCUT2D eigenvalue weighted by molar-refractivity contribution is 0.888. The summed E-state index contributed by atoms with van der Waals surface area (Å²) in [5.74, 6) is 0.574. The van der Waals surface area contributed by atoms with Crippen LogP contribution < -0.4 is 0 Å². The normalized spacial score (nSPS) is 12.4. The molecule has 0 saturated carbocycles. The van der Waals surface area contributed by atoms with Crippen LogP contribution in [0.3, 0.4) is 0 Å². The Morgan fingerprint density at radius 1 is 0.875 bits per heavy atom. The van der Waals surface area contributed by atoms with Crippen LogP contribution in [-0.4, -0.2) is 5.33 Å². The minimum atomic E-state index is 0.574. The molecule has 1 atom stereocenters. The van der Waals surface area contributed by atoms with Gasteiger partial charge in [-0.05, 0) is 22.6 Å². The quantitative estimate of drug-likeness (QED) is 0.702. The first-order valence-corrected chi connectivity index (χ1v) is 6.65. The summed E-state index contributed by atoms with van der Waals surface area (Å²) in [5, 5.41) is 1.01. The van der Waals surface area contributed by atoms with E-state index < -0.39 is 0 Å². The van der Waals surface area contributed by atoms with Gasteiger partial charge in [0, 0.05) is 5.33 Å². The Morgan fingerprint density at radius 2 is 1.44 bits per heavy atom. The molecule has 0 radical (unpaired) electrons. The average Bonchev–Trinajstić information content (AvgIpc) is 2.39. The van der Waals surface area contributed by atoms with Crippen LogP contribution in [0.4, 0.5) is 0 Å². The largest absolute Gasteiger partial charge is 0.0922 e. The van der Waals surface area contributed by atoms with E-state index in [1.807, 2.05) is 6.07 Å². The molecule has 0 aliphatic heterocycles. The summed E-state index contributed by atoms with van der Waals surface area (Å²) in [6, 6.07) is 19.3. The van der Waals surface area contributed by atoms with E-state index in [-0.39, 0.29) is 0 Å². The molecule has 0 saturated heterocycles. The van der Waals surface area contributed by atoms with Crippen molar-refractivity contribution >= 4 is 15.9 Å². The van der Waals surface area contributed by atoms with Crippen molar-refractivity contribution in [2.24, 2.45) is 0 Å². The fourth-order valence-corrected chi connectivity index (χ4v) is 2.10. The maximum atomic E-state index is 3.51. The van der Waals surface area contributed by atoms with Crippen molar-refractivity contribution in [1.29, 1.82) is 0 Å². The monoisotopic (exact) mass is 274 g/mol. The van der Waals surface area contributed by atoms with Crippen molar-refractivity contribution in [3.8, 4) is 11.1 Å². The van der Waals surface area contributed by atoms with Crippen molar-refractivity contribution in [3.05, 3.63) is 60.2 Å². The Labute approximate surface area is 105 Å². The highest BCUT2D eigenvalue weighted by atomic mass is 79.9. The zero-order chi connectivity index (χ0) is 11.4. The fraction of sp³-hybridized carbons (Fsp3) is 0.200. The second kappa shape index (κ2) is 5.31. The summed E-state index contributed by atoms with van der Waals surface area (Å²) >= 11 is 3.51. The van der Waals surface area contributed by atoms with Crippen LogP contribution in [0.25, 0.3) is 11.1 Å². The highest BCUT2D eigenvalue weighted by Crippen LogP contribution is 2.23. The van der Waals surface area contributed by atoms with Crippen LogP contribution in [0.5, 0.6) is 0 Å². The minimum Gasteiger partial charge on any atom is -0.0922 e. The van der Waals surface area contributed by atoms with Gasteiger partial charge in [-0.3, -0.25) is 0 Å². The van der Waals surface area contributed by atoms with Crippen LogP contribution >= 0.6 is 15.9 Å². The molecule has 0 fully saturated rings. The van der Waals surface area contributed by atoms with Gasteiger partial charge in [0.2, 0.25) is 0 Å². The van der Waals surface area contributed by atoms with Crippen molar-refractivity contribution in [2.75, 3.05) is 5.33 Å². The van der Waals surface area contributed by atoms with E-state index in [1.54, 1.807) is 0 Å². The van der Waals surface area contributed by atoms with Crippen molar-refractivity contribution in [1.82, 2.24) is 0 Å². The topological polar surface area (TPSA) is 0 Å². The molecule has 0 aliphatic rings. The summed E-state index contributed by atoms with van der Waals surface area (Å²) < 4.78 is 0. The lowest BCUT2D eigenvalue weighted by Gasteiger charge is -2.09. The predicted octanol–water partition coefficient (Wildman–Crippen LogP) is 4.85. The summed E-state index contributed by atoms with van der Waals surface area (Å²) in [5.41, 5.74) is 3.95. The third kappa shape index (κ3) is 2.53. The molecule has 0 amide bonds. The van der Waals surface area contributed by atoms with E-state index in [0.717, 1.165) is 5.33 Å². The smallest absolute Gasteiger partial charge is 0.00975 e. The molecular formula is C15H15Br. The molecule has 2 rings (SSSR count). The molecule has 0 nitrogen and oxygen atoms in total. The van der Waals surface area contributed by atoms with Gasteiger partial charge in [0.1, 0.15) is 0 Å². The molecule has 0 aliphatic carbocycles. The van der Waals surface area contributed by atoms with E-state index in [9.17, 15) is 0 Å². The summed E-state index contributed by atoms with van der Waals surface area (Å²) in [6.45, 7) is 2.23. The fourth-order valence-electron chi connectivity index (χ4n) is 1.72. The standard InChI is InChI=1S/C15H15Br/c1-12(11-16)13-7-9-15(10-8-13)14-5-3-2-4-6-14/h2-10,12H,11H2,1H3/t12-/m1/s1. The number of hydrogen-bond acceptors (Lipinski definition) is 0. The molecule has 0 heterocycles. The van der Waals surface area contributed by atoms with Gasteiger partial charge in [-0.25, -0.2) is 0 Å². The van der Waals surface area contributed by atoms with Gasteiger partial charge in [0.15, 0.2) is 0 Å². The van der Waals surface area contributed by atoms with Crippen LogP contribution in [-0.2, 0) is 0 Å². The summed E-state index contributed by atoms with van der Waals surface area (Å²) in [7, 11) is 0. The molecule has 16 heavy (non-hydrogen) atoms. The molecule has 2 aromatic rings. The first-order valence-electron chi connectivity index (χ1n) is 5.52. The van der Waals surface area contributed by atoms with Gasteiger partial charge in [-0.15, -0.1) is 0 Å². The van der Waals surface area contributed by atoms with E-state index in [2.05, 4.69) is 71.4 Å². The van der Waals surface area contributed by atoms with Crippen LogP contribution in [0, 0.1) is 0 Å². The van der Waals surface area contributed by atoms with Crippen molar-refractivity contribution in [2.45, 2.75) is 12.8 Å². The number of rotatable bonds is 3. The number of halogens is 1. The van der Waals surface area contributed by atoms with Crippen LogP contribution in [0.2, 0.25) is 0 Å². The Bertz CT molecular complexity index is 431. The SMILES string of the molecule is C[C@H](CBr)c1ccc(-c2ccccc2)cc1. The highest BCUT2D eigenvalue weighted by molar-refractivity contribution is 9.09. The van der Waals surface area contributed by atoms with Gasteiger partial charge >= 0.3 is 0 Å². The maximum absolute atomic E-state index is 3.51. The lowest BCUT2D eigenvalue weighted by Crippen LogP contribution is -1.93. The third-order valence-corrected chi connectivity index (χ3v) is 3.79. The van der Waals surface area contributed by atoms with Crippen molar-refractivity contribution in [3.63, 3.8) is 0 Å². The Morgan fingerprint density at radius 3 is 2.00 bits per heavy atom. The summed E-state index contributed by atoms with van der Waals surface area (Å²) in [6.07, 6.45) is 0. The van der Waals surface area contributed by atoms with E-state index in [4.69, 9.17) is 0 Å². The molecule has 0 spiro atoms. The molecule has 1 heteroatoms. The number of benzene rings is 2. The lowest BCUT2D eigenvalue weighted by atomic mass is 9.99. The zero-order valence-electron chi connectivity index (χ0n) is 9.36. The Hall–Kier alpha value is -1.08. The molecule has 0 unspecified atom stereocenters. The number of hydrogen-bond donors (Lipinski definition) is 0. The van der Waals surface area contributed by atoms with E-state index in [1.165, 1.54) is 16.7 Å². The second-order valence-electron chi connectivity index (χ2n) is 4.04.